The van der Waals surface area contributed by atoms with Crippen LogP contribution in [0.25, 0.3) is 6.08 Å². The number of amides is 1. The molecule has 1 amide bonds. The number of carbonyl (C=O) groups excluding carboxylic acids is 1. The van der Waals surface area contributed by atoms with Crippen molar-refractivity contribution in [2.24, 2.45) is 0 Å². The van der Waals surface area contributed by atoms with Gasteiger partial charge in [0, 0.05) is 12.1 Å². The summed E-state index contributed by atoms with van der Waals surface area (Å²) in [6, 6.07) is 18.9. The van der Waals surface area contributed by atoms with Crippen LogP contribution in [-0.4, -0.2) is 19.6 Å². The normalized spacial score (nSPS) is 10.8. The van der Waals surface area contributed by atoms with Crippen molar-refractivity contribution in [3.8, 4) is 23.3 Å². The Morgan fingerprint density at radius 1 is 1.08 bits per heavy atom. The number of allylic oxidation sites excluding steroid dienone is 1. The lowest BCUT2D eigenvalue weighted by Gasteiger charge is -2.17. The molecule has 0 atom stereocenters. The molecule has 0 spiro atoms. The zero-order valence-corrected chi connectivity index (χ0v) is 20.9. The Balaban J connectivity index is 1.83. The van der Waals surface area contributed by atoms with Crippen LogP contribution in [0.5, 0.6) is 17.2 Å². The van der Waals surface area contributed by atoms with Crippen LogP contribution in [0.1, 0.15) is 29.2 Å². The van der Waals surface area contributed by atoms with Crippen LogP contribution in [0.2, 0.25) is 0 Å². The van der Waals surface area contributed by atoms with E-state index >= 15 is 0 Å². The maximum Gasteiger partial charge on any atom is 0.262 e. The fourth-order valence-corrected chi connectivity index (χ4v) is 3.57. The first-order valence-corrected chi connectivity index (χ1v) is 11.8. The molecule has 3 aromatic rings. The number of halogens is 1. The summed E-state index contributed by atoms with van der Waals surface area (Å²) in [6.45, 7) is 6.55. The maximum atomic E-state index is 13.2. The predicted octanol–water partition coefficient (Wildman–Crippen LogP) is 5.76. The molecule has 190 valence electrons. The van der Waals surface area contributed by atoms with Crippen molar-refractivity contribution in [2.75, 3.05) is 13.7 Å². The van der Waals surface area contributed by atoms with E-state index in [-0.39, 0.29) is 24.5 Å². The number of methoxy groups -OCH3 is 1. The Labute approximate surface area is 216 Å². The molecular weight excluding hydrogens is 471 g/mol. The topological polar surface area (TPSA) is 80.6 Å². The van der Waals surface area contributed by atoms with Crippen LogP contribution in [0.15, 0.2) is 78.9 Å². The fraction of sp³-hybridized carbons (Fsp3) is 0.200. The zero-order valence-electron chi connectivity index (χ0n) is 20.9. The number of nitrogens with one attached hydrogen (secondary N) is 1. The Kier molecular flexibility index (Phi) is 9.86. The molecule has 37 heavy (non-hydrogen) atoms. The van der Waals surface area contributed by atoms with Gasteiger partial charge < -0.3 is 19.5 Å². The molecule has 0 radical (unpaired) electrons. The Morgan fingerprint density at radius 3 is 2.41 bits per heavy atom. The van der Waals surface area contributed by atoms with Crippen molar-refractivity contribution >= 4 is 12.0 Å². The summed E-state index contributed by atoms with van der Waals surface area (Å²) in [5.41, 5.74) is 3.04. The summed E-state index contributed by atoms with van der Waals surface area (Å²) in [7, 11) is 1.59. The number of nitriles is 1. The lowest BCUT2D eigenvalue weighted by atomic mass is 10.0. The number of carbonyl (C=O) groups is 1. The van der Waals surface area contributed by atoms with Gasteiger partial charge in [-0.15, -0.1) is 6.58 Å². The fourth-order valence-electron chi connectivity index (χ4n) is 3.57. The lowest BCUT2D eigenvalue weighted by molar-refractivity contribution is -0.117. The van der Waals surface area contributed by atoms with Crippen LogP contribution < -0.4 is 19.5 Å². The Bertz CT molecular complexity index is 1290. The molecule has 0 saturated carbocycles. The van der Waals surface area contributed by atoms with E-state index in [1.807, 2.05) is 31.2 Å². The molecule has 0 aliphatic carbocycles. The van der Waals surface area contributed by atoms with Gasteiger partial charge in [-0.05, 0) is 72.5 Å². The molecule has 0 fully saturated rings. The van der Waals surface area contributed by atoms with Crippen molar-refractivity contribution in [3.05, 3.63) is 107 Å². The number of nitrogens with zero attached hydrogens (tertiary/aromatic N) is 1. The highest BCUT2D eigenvalue weighted by molar-refractivity contribution is 6.01. The molecule has 6 nitrogen and oxygen atoms in total. The monoisotopic (exact) mass is 500 g/mol. The maximum absolute atomic E-state index is 13.2. The molecule has 0 aromatic heterocycles. The van der Waals surface area contributed by atoms with Gasteiger partial charge in [0.15, 0.2) is 11.5 Å². The van der Waals surface area contributed by atoms with Gasteiger partial charge in [0.25, 0.3) is 5.91 Å². The second-order valence-electron chi connectivity index (χ2n) is 8.05. The number of benzene rings is 3. The molecule has 7 heteroatoms. The van der Waals surface area contributed by atoms with E-state index in [0.29, 0.717) is 30.1 Å². The van der Waals surface area contributed by atoms with Crippen LogP contribution in [0.4, 0.5) is 4.39 Å². The van der Waals surface area contributed by atoms with Crippen LogP contribution >= 0.6 is 0 Å². The van der Waals surface area contributed by atoms with E-state index in [2.05, 4.69) is 11.9 Å². The van der Waals surface area contributed by atoms with E-state index in [9.17, 15) is 14.4 Å². The molecule has 0 aliphatic heterocycles. The molecule has 1 N–H and O–H groups in total. The first kappa shape index (κ1) is 27.0. The third kappa shape index (κ3) is 7.71. The SMILES string of the molecule is C=CCc1cc(/C=C(/C#N)C(=O)NCc2ccc(OC)cc2)cc(OCC)c1OCc1ccc(F)cc1. The van der Waals surface area contributed by atoms with E-state index in [0.717, 1.165) is 22.4 Å². The number of ether oxygens (including phenoxy) is 3. The third-order valence-electron chi connectivity index (χ3n) is 5.40. The van der Waals surface area contributed by atoms with Gasteiger partial charge in [0.2, 0.25) is 0 Å². The van der Waals surface area contributed by atoms with Crippen molar-refractivity contribution in [3.63, 3.8) is 0 Å². The second-order valence-corrected chi connectivity index (χ2v) is 8.05. The van der Waals surface area contributed by atoms with E-state index in [1.165, 1.54) is 18.2 Å². The van der Waals surface area contributed by atoms with Crippen molar-refractivity contribution < 1.29 is 23.4 Å². The second kappa shape index (κ2) is 13.5. The van der Waals surface area contributed by atoms with Crippen molar-refractivity contribution in [2.45, 2.75) is 26.5 Å². The molecule has 0 aliphatic rings. The Morgan fingerprint density at radius 2 is 1.78 bits per heavy atom. The highest BCUT2D eigenvalue weighted by Gasteiger charge is 2.15. The number of hydrogen-bond acceptors (Lipinski definition) is 5. The molecule has 0 heterocycles. The van der Waals surface area contributed by atoms with Gasteiger partial charge in [-0.1, -0.05) is 30.3 Å². The van der Waals surface area contributed by atoms with Gasteiger partial charge >= 0.3 is 0 Å². The average molecular weight is 501 g/mol. The van der Waals surface area contributed by atoms with Crippen molar-refractivity contribution in [1.82, 2.24) is 5.32 Å². The zero-order chi connectivity index (χ0) is 26.6. The van der Waals surface area contributed by atoms with Crippen LogP contribution in [0.3, 0.4) is 0 Å². The predicted molar refractivity (Wildman–Crippen MR) is 141 cm³/mol. The Hall–Kier alpha value is -4.57. The largest absolute Gasteiger partial charge is 0.497 e. The minimum Gasteiger partial charge on any atom is -0.497 e. The van der Waals surface area contributed by atoms with Gasteiger partial charge in [-0.3, -0.25) is 4.79 Å². The van der Waals surface area contributed by atoms with Gasteiger partial charge in [-0.2, -0.15) is 5.26 Å². The van der Waals surface area contributed by atoms with E-state index < -0.39 is 5.91 Å². The van der Waals surface area contributed by atoms with Crippen LogP contribution in [-0.2, 0) is 24.4 Å². The molecule has 3 aromatic carbocycles. The molecule has 0 saturated heterocycles. The summed E-state index contributed by atoms with van der Waals surface area (Å²) in [5.74, 6) is 0.928. The first-order valence-electron chi connectivity index (χ1n) is 11.8. The van der Waals surface area contributed by atoms with E-state index in [4.69, 9.17) is 14.2 Å². The van der Waals surface area contributed by atoms with Gasteiger partial charge in [0.05, 0.1) is 13.7 Å². The van der Waals surface area contributed by atoms with E-state index in [1.54, 1.807) is 43.5 Å². The summed E-state index contributed by atoms with van der Waals surface area (Å²) in [4.78, 5) is 12.7. The number of hydrogen-bond donors (Lipinski definition) is 1. The smallest absolute Gasteiger partial charge is 0.262 e. The highest BCUT2D eigenvalue weighted by atomic mass is 19.1. The molecule has 3 rings (SSSR count). The highest BCUT2D eigenvalue weighted by Crippen LogP contribution is 2.35. The molecule has 0 bridgehead atoms. The van der Waals surface area contributed by atoms with Gasteiger partial charge in [-0.25, -0.2) is 4.39 Å². The molecular formula is C30H29FN2O4. The minimum absolute atomic E-state index is 0.0412. The number of rotatable bonds is 12. The summed E-state index contributed by atoms with van der Waals surface area (Å²) in [6.07, 6.45) is 3.73. The third-order valence-corrected chi connectivity index (χ3v) is 5.40. The standard InChI is InChI=1S/C30H29FN2O4/c1-4-6-24-15-23(16-25(18-32)30(34)33-19-21-9-13-27(35-3)14-10-21)17-28(36-5-2)29(24)37-20-22-7-11-26(31)12-8-22/h4,7-17H,1,5-6,19-20H2,2-3H3,(H,33,34)/b25-16-. The summed E-state index contributed by atoms with van der Waals surface area (Å²) in [5, 5.41) is 12.4. The minimum atomic E-state index is -0.488. The molecule has 0 unspecified atom stereocenters. The quantitative estimate of drug-likeness (QED) is 0.194. The first-order chi connectivity index (χ1) is 18.0. The van der Waals surface area contributed by atoms with Gasteiger partial charge in [0.1, 0.15) is 29.8 Å². The van der Waals surface area contributed by atoms with Crippen molar-refractivity contribution in [1.29, 1.82) is 5.26 Å². The summed E-state index contributed by atoms with van der Waals surface area (Å²) < 4.78 is 30.3. The lowest BCUT2D eigenvalue weighted by Crippen LogP contribution is -2.23. The van der Waals surface area contributed by atoms with Crippen LogP contribution in [0, 0.1) is 17.1 Å². The summed E-state index contributed by atoms with van der Waals surface area (Å²) >= 11 is 0. The average Bonchev–Trinajstić information content (AvgIpc) is 2.91.